The molecule has 1 aromatic carbocycles. The van der Waals surface area contributed by atoms with Crippen LogP contribution in [0.5, 0.6) is 0 Å². The molecule has 0 unspecified atom stereocenters. The number of β-amino-alcohol motifs (C(OH)–C–C–N with tert-alkyl or cyclic N) is 1. The molecule has 0 spiro atoms. The second-order valence-corrected chi connectivity index (χ2v) is 10.9. The van der Waals surface area contributed by atoms with Crippen molar-refractivity contribution in [1.29, 1.82) is 0 Å². The van der Waals surface area contributed by atoms with Crippen LogP contribution in [0.1, 0.15) is 79.1 Å². The fraction of sp³-hybridized carbons (Fsp3) is 0.593. The standard InChI is InChI=1S/C27H38N2O3/c1-19-16-22-23(27(4,5)9-8-26(22,2)3)18-20(19)17-21-6-7-24(32-21)25(31)29-12-10-28(11-13-29)14-15-30/h6-7,16,18,30H,8-15,17H2,1-5H3. The van der Waals surface area contributed by atoms with Crippen molar-refractivity contribution in [3.05, 3.63) is 58.0 Å². The largest absolute Gasteiger partial charge is 0.456 e. The Kier molecular flexibility index (Phi) is 6.25. The first-order chi connectivity index (χ1) is 15.1. The molecule has 0 atom stereocenters. The molecule has 1 N–H and O–H groups in total. The Hall–Kier alpha value is -2.11. The van der Waals surface area contributed by atoms with Gasteiger partial charge in [0, 0.05) is 39.1 Å². The van der Waals surface area contributed by atoms with Gasteiger partial charge >= 0.3 is 0 Å². The van der Waals surface area contributed by atoms with Crippen molar-refractivity contribution >= 4 is 5.91 Å². The highest BCUT2D eigenvalue weighted by atomic mass is 16.4. The van der Waals surface area contributed by atoms with Crippen molar-refractivity contribution in [3.8, 4) is 0 Å². The van der Waals surface area contributed by atoms with Gasteiger partial charge in [0.1, 0.15) is 5.76 Å². The first-order valence-corrected chi connectivity index (χ1v) is 12.0. The van der Waals surface area contributed by atoms with Gasteiger partial charge in [0.05, 0.1) is 6.61 Å². The van der Waals surface area contributed by atoms with Crippen LogP contribution in [0.15, 0.2) is 28.7 Å². The third-order valence-electron chi connectivity index (χ3n) is 7.62. The lowest BCUT2D eigenvalue weighted by Gasteiger charge is -2.42. The highest BCUT2D eigenvalue weighted by Crippen LogP contribution is 2.46. The van der Waals surface area contributed by atoms with E-state index >= 15 is 0 Å². The minimum absolute atomic E-state index is 0.0371. The molecule has 0 bridgehead atoms. The molecule has 1 aliphatic carbocycles. The summed E-state index contributed by atoms with van der Waals surface area (Å²) >= 11 is 0. The predicted octanol–water partition coefficient (Wildman–Crippen LogP) is 4.28. The molecule has 0 saturated carbocycles. The molecule has 2 heterocycles. The number of fused-ring (bicyclic) bond motifs is 1. The monoisotopic (exact) mass is 438 g/mol. The first kappa shape index (κ1) is 23.1. The second-order valence-electron chi connectivity index (χ2n) is 10.9. The number of furan rings is 1. The number of aliphatic hydroxyl groups excluding tert-OH is 1. The Morgan fingerprint density at radius 1 is 1.00 bits per heavy atom. The number of rotatable bonds is 5. The van der Waals surface area contributed by atoms with E-state index in [1.54, 1.807) is 0 Å². The average molecular weight is 439 g/mol. The summed E-state index contributed by atoms with van der Waals surface area (Å²) in [7, 11) is 0. The van der Waals surface area contributed by atoms with Gasteiger partial charge in [-0.15, -0.1) is 0 Å². The zero-order chi connectivity index (χ0) is 23.1. The molecule has 174 valence electrons. The van der Waals surface area contributed by atoms with Gasteiger partial charge < -0.3 is 14.4 Å². The van der Waals surface area contributed by atoms with Crippen molar-refractivity contribution in [2.75, 3.05) is 39.3 Å². The van der Waals surface area contributed by atoms with Gasteiger partial charge in [-0.3, -0.25) is 9.69 Å². The van der Waals surface area contributed by atoms with E-state index in [4.69, 9.17) is 9.52 Å². The number of aliphatic hydroxyl groups is 1. The van der Waals surface area contributed by atoms with Crippen molar-refractivity contribution in [3.63, 3.8) is 0 Å². The van der Waals surface area contributed by atoms with Crippen LogP contribution < -0.4 is 0 Å². The second kappa shape index (κ2) is 8.68. The molecule has 5 nitrogen and oxygen atoms in total. The molecule has 1 saturated heterocycles. The maximum atomic E-state index is 12.9. The summed E-state index contributed by atoms with van der Waals surface area (Å²) in [6.45, 7) is 15.4. The van der Waals surface area contributed by atoms with Crippen LogP contribution in [0.4, 0.5) is 0 Å². The lowest BCUT2D eigenvalue weighted by atomic mass is 9.62. The van der Waals surface area contributed by atoms with Crippen molar-refractivity contribution in [1.82, 2.24) is 9.80 Å². The number of carbonyl (C=O) groups excluding carboxylic acids is 1. The number of hydrogen-bond donors (Lipinski definition) is 1. The van der Waals surface area contributed by atoms with Crippen LogP contribution >= 0.6 is 0 Å². The quantitative estimate of drug-likeness (QED) is 0.757. The van der Waals surface area contributed by atoms with Gasteiger partial charge in [-0.25, -0.2) is 0 Å². The van der Waals surface area contributed by atoms with Crippen LogP contribution in [-0.4, -0.2) is 60.1 Å². The average Bonchev–Trinajstić information content (AvgIpc) is 3.21. The van der Waals surface area contributed by atoms with Crippen molar-refractivity contribution < 1.29 is 14.3 Å². The van der Waals surface area contributed by atoms with Crippen LogP contribution in [-0.2, 0) is 17.3 Å². The Bertz CT molecular complexity index is 981. The zero-order valence-corrected chi connectivity index (χ0v) is 20.3. The lowest BCUT2D eigenvalue weighted by molar-refractivity contribution is 0.0583. The molecular formula is C27H38N2O3. The fourth-order valence-corrected chi connectivity index (χ4v) is 5.20. The molecule has 32 heavy (non-hydrogen) atoms. The van der Waals surface area contributed by atoms with Crippen LogP contribution in [0, 0.1) is 6.92 Å². The molecular weight excluding hydrogens is 400 g/mol. The molecule has 2 aliphatic rings. The molecule has 1 aromatic heterocycles. The van der Waals surface area contributed by atoms with Crippen molar-refractivity contribution in [2.45, 2.75) is 64.7 Å². The third kappa shape index (κ3) is 4.51. The SMILES string of the molecule is Cc1cc2c(cc1Cc1ccc(C(=O)N3CCN(CCO)CC3)o1)C(C)(C)CCC2(C)C. The maximum Gasteiger partial charge on any atom is 0.289 e. The van der Waals surface area contributed by atoms with E-state index in [1.165, 1.54) is 35.1 Å². The summed E-state index contributed by atoms with van der Waals surface area (Å²) < 4.78 is 6.02. The maximum absolute atomic E-state index is 12.9. The van der Waals surface area contributed by atoms with Crippen LogP contribution in [0.2, 0.25) is 0 Å². The number of piperazine rings is 1. The number of hydrogen-bond acceptors (Lipinski definition) is 4. The summed E-state index contributed by atoms with van der Waals surface area (Å²) in [5.74, 6) is 1.22. The van der Waals surface area contributed by atoms with E-state index in [0.717, 1.165) is 18.8 Å². The minimum atomic E-state index is -0.0371. The molecule has 0 radical (unpaired) electrons. The predicted molar refractivity (Wildman–Crippen MR) is 127 cm³/mol. The number of benzene rings is 1. The van der Waals surface area contributed by atoms with Crippen LogP contribution in [0.25, 0.3) is 0 Å². The third-order valence-corrected chi connectivity index (χ3v) is 7.62. The van der Waals surface area contributed by atoms with Gasteiger partial charge in [-0.05, 0) is 65.0 Å². The van der Waals surface area contributed by atoms with Crippen molar-refractivity contribution in [2.24, 2.45) is 0 Å². The Morgan fingerprint density at radius 3 is 2.25 bits per heavy atom. The van der Waals surface area contributed by atoms with Gasteiger partial charge in [0.15, 0.2) is 5.76 Å². The van der Waals surface area contributed by atoms with E-state index in [0.29, 0.717) is 31.8 Å². The molecule has 2 aromatic rings. The molecule has 1 fully saturated rings. The van der Waals surface area contributed by atoms with Gasteiger partial charge in [0.25, 0.3) is 5.91 Å². The summed E-state index contributed by atoms with van der Waals surface area (Å²) in [5, 5.41) is 9.10. The zero-order valence-electron chi connectivity index (χ0n) is 20.3. The highest BCUT2D eigenvalue weighted by Gasteiger charge is 2.37. The lowest BCUT2D eigenvalue weighted by Crippen LogP contribution is -2.49. The van der Waals surface area contributed by atoms with E-state index in [9.17, 15) is 4.79 Å². The summed E-state index contributed by atoms with van der Waals surface area (Å²) in [4.78, 5) is 16.9. The van der Waals surface area contributed by atoms with Gasteiger partial charge in [-0.2, -0.15) is 0 Å². The summed E-state index contributed by atoms with van der Waals surface area (Å²) in [6, 6.07) is 8.53. The molecule has 4 rings (SSSR count). The Labute approximate surface area is 192 Å². The van der Waals surface area contributed by atoms with E-state index in [-0.39, 0.29) is 23.3 Å². The summed E-state index contributed by atoms with van der Waals surface area (Å²) in [5.41, 5.74) is 5.89. The van der Waals surface area contributed by atoms with Crippen LogP contribution in [0.3, 0.4) is 0 Å². The highest BCUT2D eigenvalue weighted by molar-refractivity contribution is 5.91. The number of amides is 1. The van der Waals surface area contributed by atoms with Gasteiger partial charge in [-0.1, -0.05) is 39.8 Å². The van der Waals surface area contributed by atoms with E-state index in [2.05, 4.69) is 51.7 Å². The Morgan fingerprint density at radius 2 is 1.62 bits per heavy atom. The first-order valence-electron chi connectivity index (χ1n) is 12.0. The topological polar surface area (TPSA) is 56.9 Å². The molecule has 5 heteroatoms. The molecule has 1 aliphatic heterocycles. The molecule has 1 amide bonds. The van der Waals surface area contributed by atoms with E-state index < -0.39 is 0 Å². The van der Waals surface area contributed by atoms with Gasteiger partial charge in [0.2, 0.25) is 0 Å². The fourth-order valence-electron chi connectivity index (χ4n) is 5.20. The smallest absolute Gasteiger partial charge is 0.289 e. The number of aryl methyl sites for hydroxylation is 1. The normalized spacial score (nSPS) is 20.2. The minimum Gasteiger partial charge on any atom is -0.456 e. The number of nitrogens with zero attached hydrogens (tertiary/aromatic N) is 2. The van der Waals surface area contributed by atoms with E-state index in [1.807, 2.05) is 17.0 Å². The Balaban J connectivity index is 1.50. The summed E-state index contributed by atoms with van der Waals surface area (Å²) in [6.07, 6.45) is 3.11. The number of carbonyl (C=O) groups is 1.